The highest BCUT2D eigenvalue weighted by Crippen LogP contribution is 2.25. The number of benzene rings is 2. The Morgan fingerprint density at radius 1 is 1.00 bits per heavy atom. The second kappa shape index (κ2) is 4.71. The quantitative estimate of drug-likeness (QED) is 0.608. The molecule has 0 saturated heterocycles. The number of hydrogen-bond donors (Lipinski definition) is 1. The van der Waals surface area contributed by atoms with Crippen molar-refractivity contribution < 1.29 is 4.52 Å². The van der Waals surface area contributed by atoms with E-state index >= 15 is 0 Å². The smallest absolute Gasteiger partial charge is 0.258 e. The van der Waals surface area contributed by atoms with Crippen LogP contribution in [0.4, 0.5) is 0 Å². The Morgan fingerprint density at radius 2 is 1.81 bits per heavy atom. The van der Waals surface area contributed by atoms with Crippen molar-refractivity contribution in [1.29, 1.82) is 0 Å². The molecule has 2 aromatic carbocycles. The van der Waals surface area contributed by atoms with Crippen LogP contribution in [0.25, 0.3) is 33.9 Å². The molecule has 0 aliphatic heterocycles. The standard InChI is InChI=1S/C15H9ClN4O/c16-11-4-1-9(2-5-11)15-19-14(20-21-15)10-3-6-12-13(7-10)18-8-17-12/h1-8H,(H,17,18). The second-order valence-electron chi connectivity index (χ2n) is 4.56. The molecule has 0 fully saturated rings. The molecule has 0 atom stereocenters. The summed E-state index contributed by atoms with van der Waals surface area (Å²) in [6, 6.07) is 13.0. The summed E-state index contributed by atoms with van der Waals surface area (Å²) in [6.07, 6.45) is 1.66. The summed E-state index contributed by atoms with van der Waals surface area (Å²) in [7, 11) is 0. The van der Waals surface area contributed by atoms with Gasteiger partial charge in [0.15, 0.2) is 0 Å². The van der Waals surface area contributed by atoms with E-state index in [-0.39, 0.29) is 0 Å². The molecule has 2 aromatic heterocycles. The fourth-order valence-electron chi connectivity index (χ4n) is 2.13. The molecule has 0 radical (unpaired) electrons. The van der Waals surface area contributed by atoms with E-state index in [9.17, 15) is 0 Å². The van der Waals surface area contributed by atoms with Crippen molar-refractivity contribution in [2.24, 2.45) is 0 Å². The maximum absolute atomic E-state index is 5.87. The van der Waals surface area contributed by atoms with Gasteiger partial charge in [-0.25, -0.2) is 4.98 Å². The molecule has 0 saturated carbocycles. The number of imidazole rings is 1. The predicted molar refractivity (Wildman–Crippen MR) is 79.8 cm³/mol. The first kappa shape index (κ1) is 12.1. The third-order valence-electron chi connectivity index (χ3n) is 3.20. The van der Waals surface area contributed by atoms with Crippen molar-refractivity contribution in [2.45, 2.75) is 0 Å². The van der Waals surface area contributed by atoms with Gasteiger partial charge in [-0.05, 0) is 42.5 Å². The molecular weight excluding hydrogens is 288 g/mol. The highest BCUT2D eigenvalue weighted by Gasteiger charge is 2.11. The van der Waals surface area contributed by atoms with Gasteiger partial charge in [-0.3, -0.25) is 0 Å². The lowest BCUT2D eigenvalue weighted by molar-refractivity contribution is 0.432. The number of halogens is 1. The third kappa shape index (κ3) is 2.17. The van der Waals surface area contributed by atoms with Crippen LogP contribution in [0, 0.1) is 0 Å². The van der Waals surface area contributed by atoms with Crippen LogP contribution >= 0.6 is 11.6 Å². The van der Waals surface area contributed by atoms with Gasteiger partial charge in [0.2, 0.25) is 5.82 Å². The summed E-state index contributed by atoms with van der Waals surface area (Å²) in [6.45, 7) is 0. The van der Waals surface area contributed by atoms with E-state index in [0.717, 1.165) is 22.2 Å². The lowest BCUT2D eigenvalue weighted by atomic mass is 10.2. The van der Waals surface area contributed by atoms with Crippen LogP contribution in [0.2, 0.25) is 5.02 Å². The molecule has 4 aromatic rings. The van der Waals surface area contributed by atoms with Crippen LogP contribution in [-0.2, 0) is 0 Å². The van der Waals surface area contributed by atoms with Crippen molar-refractivity contribution in [1.82, 2.24) is 20.1 Å². The van der Waals surface area contributed by atoms with Gasteiger partial charge < -0.3 is 9.51 Å². The number of aromatic amines is 1. The number of rotatable bonds is 2. The molecule has 5 nitrogen and oxygen atoms in total. The lowest BCUT2D eigenvalue weighted by Gasteiger charge is -1.94. The lowest BCUT2D eigenvalue weighted by Crippen LogP contribution is -1.82. The molecule has 21 heavy (non-hydrogen) atoms. The third-order valence-corrected chi connectivity index (χ3v) is 3.45. The van der Waals surface area contributed by atoms with E-state index in [1.807, 2.05) is 30.3 Å². The summed E-state index contributed by atoms with van der Waals surface area (Å²) < 4.78 is 5.31. The van der Waals surface area contributed by atoms with Crippen LogP contribution in [0.1, 0.15) is 0 Å². The van der Waals surface area contributed by atoms with Gasteiger partial charge in [0.05, 0.1) is 17.4 Å². The molecule has 1 N–H and O–H groups in total. The number of nitrogens with zero attached hydrogens (tertiary/aromatic N) is 3. The molecule has 102 valence electrons. The van der Waals surface area contributed by atoms with Gasteiger partial charge in [-0.1, -0.05) is 16.8 Å². The van der Waals surface area contributed by atoms with E-state index in [1.165, 1.54) is 0 Å². The van der Waals surface area contributed by atoms with Gasteiger partial charge in [0, 0.05) is 16.1 Å². The number of fused-ring (bicyclic) bond motifs is 1. The second-order valence-corrected chi connectivity index (χ2v) is 5.00. The highest BCUT2D eigenvalue weighted by atomic mass is 35.5. The fourth-order valence-corrected chi connectivity index (χ4v) is 2.25. The molecule has 0 aliphatic rings. The van der Waals surface area contributed by atoms with Crippen molar-refractivity contribution in [3.8, 4) is 22.8 Å². The van der Waals surface area contributed by atoms with Crippen molar-refractivity contribution in [3.63, 3.8) is 0 Å². The predicted octanol–water partition coefficient (Wildman–Crippen LogP) is 3.93. The zero-order valence-corrected chi connectivity index (χ0v) is 11.5. The normalized spacial score (nSPS) is 11.1. The van der Waals surface area contributed by atoms with Crippen LogP contribution in [0.3, 0.4) is 0 Å². The Bertz CT molecular complexity index is 911. The van der Waals surface area contributed by atoms with Gasteiger partial charge in [-0.2, -0.15) is 4.98 Å². The number of hydrogen-bond acceptors (Lipinski definition) is 4. The zero-order valence-electron chi connectivity index (χ0n) is 10.7. The Kier molecular flexibility index (Phi) is 2.72. The van der Waals surface area contributed by atoms with Crippen LogP contribution < -0.4 is 0 Å². The first-order valence-electron chi connectivity index (χ1n) is 6.33. The van der Waals surface area contributed by atoms with Crippen molar-refractivity contribution in [2.75, 3.05) is 0 Å². The molecule has 0 amide bonds. The van der Waals surface area contributed by atoms with E-state index in [0.29, 0.717) is 16.7 Å². The first-order valence-corrected chi connectivity index (χ1v) is 6.70. The summed E-state index contributed by atoms with van der Waals surface area (Å²) in [4.78, 5) is 11.7. The molecule has 2 heterocycles. The molecule has 4 rings (SSSR count). The average molecular weight is 297 g/mol. The van der Waals surface area contributed by atoms with E-state index in [4.69, 9.17) is 16.1 Å². The molecular formula is C15H9ClN4O. The summed E-state index contributed by atoms with van der Waals surface area (Å²) in [5.41, 5.74) is 3.54. The minimum Gasteiger partial charge on any atom is -0.345 e. The van der Waals surface area contributed by atoms with Gasteiger partial charge >= 0.3 is 0 Å². The Morgan fingerprint density at radius 3 is 2.67 bits per heavy atom. The molecule has 0 aliphatic carbocycles. The Hall–Kier alpha value is -2.66. The topological polar surface area (TPSA) is 67.6 Å². The highest BCUT2D eigenvalue weighted by molar-refractivity contribution is 6.30. The molecule has 0 spiro atoms. The maximum atomic E-state index is 5.87. The summed E-state index contributed by atoms with van der Waals surface area (Å²) in [5.74, 6) is 1.00. The van der Waals surface area contributed by atoms with Crippen LogP contribution in [0.15, 0.2) is 53.3 Å². The maximum Gasteiger partial charge on any atom is 0.258 e. The fraction of sp³-hybridized carbons (Fsp3) is 0. The molecule has 0 bridgehead atoms. The van der Waals surface area contributed by atoms with Gasteiger partial charge in [0.1, 0.15) is 0 Å². The van der Waals surface area contributed by atoms with Gasteiger partial charge in [0.25, 0.3) is 5.89 Å². The minimum atomic E-state index is 0.464. The SMILES string of the molecule is Clc1ccc(-c2nc(-c3ccc4nc[nH]c4c3)no2)cc1. The number of H-pyrrole nitrogens is 1. The van der Waals surface area contributed by atoms with E-state index < -0.39 is 0 Å². The van der Waals surface area contributed by atoms with Crippen LogP contribution in [-0.4, -0.2) is 20.1 Å². The minimum absolute atomic E-state index is 0.464. The monoisotopic (exact) mass is 296 g/mol. The molecule has 6 heteroatoms. The number of nitrogens with one attached hydrogen (secondary N) is 1. The zero-order chi connectivity index (χ0) is 14.2. The first-order chi connectivity index (χ1) is 10.3. The Balaban J connectivity index is 1.74. The largest absolute Gasteiger partial charge is 0.345 e. The van der Waals surface area contributed by atoms with Gasteiger partial charge in [-0.15, -0.1) is 0 Å². The number of aromatic nitrogens is 4. The van der Waals surface area contributed by atoms with E-state index in [2.05, 4.69) is 20.1 Å². The van der Waals surface area contributed by atoms with E-state index in [1.54, 1.807) is 18.5 Å². The van der Waals surface area contributed by atoms with Crippen molar-refractivity contribution >= 4 is 22.6 Å². The summed E-state index contributed by atoms with van der Waals surface area (Å²) in [5, 5.41) is 4.69. The van der Waals surface area contributed by atoms with Crippen LogP contribution in [0.5, 0.6) is 0 Å². The van der Waals surface area contributed by atoms with Crippen molar-refractivity contribution in [3.05, 3.63) is 53.8 Å². The molecule has 0 unspecified atom stereocenters. The Labute approximate surface area is 124 Å². The average Bonchev–Trinajstić information content (AvgIpc) is 3.16. The summed E-state index contributed by atoms with van der Waals surface area (Å²) >= 11 is 5.87.